The van der Waals surface area contributed by atoms with Gasteiger partial charge in [0.15, 0.2) is 5.13 Å². The summed E-state index contributed by atoms with van der Waals surface area (Å²) in [6, 6.07) is 6.52. The Kier molecular flexibility index (Phi) is 7.23. The zero-order valence-electron chi connectivity index (χ0n) is 16.8. The Morgan fingerprint density at radius 2 is 2.00 bits per heavy atom. The number of nitrogens with zero attached hydrogens (tertiary/aromatic N) is 2. The normalized spacial score (nSPS) is 15.7. The minimum absolute atomic E-state index is 0.0574. The van der Waals surface area contributed by atoms with Gasteiger partial charge in [0.05, 0.1) is 31.4 Å². The molecular weight excluding hydrogens is 408 g/mol. The zero-order valence-corrected chi connectivity index (χ0v) is 17.7. The van der Waals surface area contributed by atoms with E-state index in [0.29, 0.717) is 30.6 Å². The van der Waals surface area contributed by atoms with Crippen LogP contribution >= 0.6 is 11.3 Å². The van der Waals surface area contributed by atoms with Gasteiger partial charge in [0.25, 0.3) is 0 Å². The van der Waals surface area contributed by atoms with Crippen molar-refractivity contribution in [2.45, 2.75) is 32.7 Å². The summed E-state index contributed by atoms with van der Waals surface area (Å²) in [6.45, 7) is 4.91. The molecule has 0 bridgehead atoms. The molecular formula is C20H24N4O5S. The number of carbonyl (C=O) groups is 3. The number of nitrogens with one attached hydrogen (secondary N) is 2. The molecule has 3 rings (SSSR count). The number of hydrogen-bond donors (Lipinski definition) is 2. The van der Waals surface area contributed by atoms with E-state index in [1.165, 1.54) is 11.3 Å². The van der Waals surface area contributed by atoms with Crippen LogP contribution in [0, 0.1) is 0 Å². The molecule has 0 aliphatic carbocycles. The summed E-state index contributed by atoms with van der Waals surface area (Å²) in [6.07, 6.45) is 0.272. The summed E-state index contributed by atoms with van der Waals surface area (Å²) in [5, 5.41) is 7.51. The number of carbonyl (C=O) groups excluding carboxylic acids is 3. The number of amides is 3. The second kappa shape index (κ2) is 10.1. The van der Waals surface area contributed by atoms with Crippen molar-refractivity contribution in [3.05, 3.63) is 35.3 Å². The van der Waals surface area contributed by atoms with Gasteiger partial charge in [0.2, 0.25) is 5.91 Å². The van der Waals surface area contributed by atoms with Crippen LogP contribution in [-0.2, 0) is 20.7 Å². The third kappa shape index (κ3) is 5.69. The van der Waals surface area contributed by atoms with Crippen LogP contribution in [0.5, 0.6) is 5.75 Å². The number of rotatable bonds is 8. The fraction of sp³-hybridized carbons (Fsp3) is 0.400. The van der Waals surface area contributed by atoms with E-state index >= 15 is 0 Å². The van der Waals surface area contributed by atoms with Gasteiger partial charge in [0, 0.05) is 24.0 Å². The van der Waals surface area contributed by atoms with Gasteiger partial charge in [-0.3, -0.25) is 14.9 Å². The molecule has 30 heavy (non-hydrogen) atoms. The van der Waals surface area contributed by atoms with Gasteiger partial charge in [0.1, 0.15) is 5.75 Å². The molecule has 2 aromatic rings. The predicted molar refractivity (Wildman–Crippen MR) is 113 cm³/mol. The Hall–Kier alpha value is -3.14. The molecule has 0 radical (unpaired) electrons. The highest BCUT2D eigenvalue weighted by molar-refractivity contribution is 7.13. The number of anilines is 2. The van der Waals surface area contributed by atoms with Crippen molar-refractivity contribution in [3.8, 4) is 5.75 Å². The minimum Gasteiger partial charge on any atom is -0.494 e. The first-order valence-electron chi connectivity index (χ1n) is 9.69. The van der Waals surface area contributed by atoms with Crippen LogP contribution in [0.15, 0.2) is 29.6 Å². The molecule has 1 aromatic carbocycles. The van der Waals surface area contributed by atoms with Crippen molar-refractivity contribution in [3.63, 3.8) is 0 Å². The lowest BCUT2D eigenvalue weighted by molar-refractivity contribution is -0.142. The number of aromatic nitrogens is 1. The van der Waals surface area contributed by atoms with Gasteiger partial charge >= 0.3 is 12.0 Å². The van der Waals surface area contributed by atoms with Crippen molar-refractivity contribution >= 4 is 40.1 Å². The molecule has 1 atom stereocenters. The molecule has 1 saturated heterocycles. The highest BCUT2D eigenvalue weighted by atomic mass is 32.1. The maximum atomic E-state index is 12.4. The predicted octanol–water partition coefficient (Wildman–Crippen LogP) is 2.57. The maximum Gasteiger partial charge on any atom is 0.321 e. The third-order valence-corrected chi connectivity index (χ3v) is 5.13. The monoisotopic (exact) mass is 432 g/mol. The lowest BCUT2D eigenvalue weighted by Crippen LogP contribution is -2.39. The molecule has 9 nitrogen and oxygen atoms in total. The van der Waals surface area contributed by atoms with Crippen LogP contribution in [0.1, 0.15) is 26.0 Å². The third-order valence-electron chi connectivity index (χ3n) is 4.32. The molecule has 1 aliphatic heterocycles. The quantitative estimate of drug-likeness (QED) is 0.621. The van der Waals surface area contributed by atoms with E-state index in [-0.39, 0.29) is 30.8 Å². The van der Waals surface area contributed by atoms with E-state index in [1.807, 2.05) is 31.2 Å². The van der Waals surface area contributed by atoms with Crippen molar-refractivity contribution in [1.82, 2.24) is 10.3 Å². The molecule has 0 spiro atoms. The van der Waals surface area contributed by atoms with Crippen molar-refractivity contribution < 1.29 is 23.9 Å². The fourth-order valence-electron chi connectivity index (χ4n) is 3.07. The van der Waals surface area contributed by atoms with Crippen molar-refractivity contribution in [2.24, 2.45) is 0 Å². The van der Waals surface area contributed by atoms with Gasteiger partial charge < -0.3 is 19.7 Å². The van der Waals surface area contributed by atoms with E-state index in [1.54, 1.807) is 17.2 Å². The van der Waals surface area contributed by atoms with Crippen molar-refractivity contribution in [1.29, 1.82) is 0 Å². The number of benzene rings is 1. The molecule has 0 saturated carbocycles. The molecule has 3 amide bonds. The Morgan fingerprint density at radius 3 is 2.70 bits per heavy atom. The van der Waals surface area contributed by atoms with E-state index in [0.717, 1.165) is 11.4 Å². The fourth-order valence-corrected chi connectivity index (χ4v) is 3.77. The highest BCUT2D eigenvalue weighted by Gasteiger charge is 2.31. The van der Waals surface area contributed by atoms with Gasteiger partial charge in [-0.15, -0.1) is 11.3 Å². The van der Waals surface area contributed by atoms with E-state index < -0.39 is 6.03 Å². The molecule has 160 valence electrons. The Bertz CT molecular complexity index is 899. The maximum absolute atomic E-state index is 12.4. The van der Waals surface area contributed by atoms with Gasteiger partial charge in [-0.05, 0) is 38.1 Å². The summed E-state index contributed by atoms with van der Waals surface area (Å²) in [4.78, 5) is 42.0. The molecule has 1 unspecified atom stereocenters. The first kappa shape index (κ1) is 21.6. The second-order valence-corrected chi connectivity index (χ2v) is 7.41. The zero-order chi connectivity index (χ0) is 21.5. The van der Waals surface area contributed by atoms with E-state index in [9.17, 15) is 14.4 Å². The van der Waals surface area contributed by atoms with Crippen LogP contribution in [-0.4, -0.2) is 48.7 Å². The van der Waals surface area contributed by atoms with Gasteiger partial charge in [-0.1, -0.05) is 0 Å². The molecule has 1 fully saturated rings. The lowest BCUT2D eigenvalue weighted by atomic mass is 10.2. The summed E-state index contributed by atoms with van der Waals surface area (Å²) >= 11 is 1.22. The average Bonchev–Trinajstić information content (AvgIpc) is 3.28. The first-order chi connectivity index (χ1) is 14.5. The summed E-state index contributed by atoms with van der Waals surface area (Å²) in [7, 11) is 0. The summed E-state index contributed by atoms with van der Waals surface area (Å²) in [5.74, 6) is 0.320. The number of thiazole rings is 1. The lowest BCUT2D eigenvalue weighted by Gasteiger charge is -2.17. The van der Waals surface area contributed by atoms with E-state index in [4.69, 9.17) is 9.47 Å². The standard InChI is InChI=1S/C20H24N4O5S/c1-3-28-16-7-5-15(6-8-16)24-11-13(9-17(24)25)21-19(27)23-20-22-14(12-30-20)10-18(26)29-4-2/h5-8,12-13H,3-4,9-11H2,1-2H3,(H2,21,22,23,27). The summed E-state index contributed by atoms with van der Waals surface area (Å²) in [5.41, 5.74) is 1.29. The second-order valence-electron chi connectivity index (χ2n) is 6.56. The summed E-state index contributed by atoms with van der Waals surface area (Å²) < 4.78 is 10.3. The highest BCUT2D eigenvalue weighted by Crippen LogP contribution is 2.24. The van der Waals surface area contributed by atoms with Crippen molar-refractivity contribution in [2.75, 3.05) is 30.0 Å². The molecule has 2 N–H and O–H groups in total. The van der Waals surface area contributed by atoms with Gasteiger partial charge in [-0.2, -0.15) is 0 Å². The number of urea groups is 1. The minimum atomic E-state index is -0.446. The van der Waals surface area contributed by atoms with Crippen LogP contribution < -0.4 is 20.3 Å². The largest absolute Gasteiger partial charge is 0.494 e. The molecule has 2 heterocycles. The average molecular weight is 433 g/mol. The van der Waals surface area contributed by atoms with E-state index in [2.05, 4.69) is 15.6 Å². The Morgan fingerprint density at radius 1 is 1.23 bits per heavy atom. The van der Waals surface area contributed by atoms with Crippen LogP contribution in [0.4, 0.5) is 15.6 Å². The number of hydrogen-bond acceptors (Lipinski definition) is 7. The molecule has 1 aliphatic rings. The number of esters is 1. The number of ether oxygens (including phenoxy) is 2. The smallest absolute Gasteiger partial charge is 0.321 e. The van der Waals surface area contributed by atoms with Crippen LogP contribution in [0.3, 0.4) is 0 Å². The molecule has 1 aromatic heterocycles. The Labute approximate surface area is 178 Å². The SMILES string of the molecule is CCOC(=O)Cc1csc(NC(=O)NC2CC(=O)N(c3ccc(OCC)cc3)C2)n1. The van der Waals surface area contributed by atoms with Gasteiger partial charge in [-0.25, -0.2) is 9.78 Å². The molecule has 10 heteroatoms. The first-order valence-corrected chi connectivity index (χ1v) is 10.6. The Balaban J connectivity index is 1.51. The van der Waals surface area contributed by atoms with Crippen LogP contribution in [0.2, 0.25) is 0 Å². The topological polar surface area (TPSA) is 110 Å². The van der Waals surface area contributed by atoms with Crippen LogP contribution in [0.25, 0.3) is 0 Å².